The maximum absolute atomic E-state index is 12.2. The van der Waals surface area contributed by atoms with E-state index in [0.29, 0.717) is 25.3 Å². The maximum Gasteiger partial charge on any atom is 0.317 e. The van der Waals surface area contributed by atoms with Gasteiger partial charge in [0.25, 0.3) is 0 Å². The van der Waals surface area contributed by atoms with Crippen LogP contribution in [0.2, 0.25) is 0 Å². The first kappa shape index (κ1) is 15.1. The fraction of sp³-hybridized carbons (Fsp3) is 0.857. The lowest BCUT2D eigenvalue weighted by Crippen LogP contribution is -2.48. The zero-order valence-electron chi connectivity index (χ0n) is 11.8. The summed E-state index contributed by atoms with van der Waals surface area (Å²) in [6, 6.07) is -0.0921. The third-order valence-electron chi connectivity index (χ3n) is 4.45. The zero-order valence-corrected chi connectivity index (χ0v) is 11.8. The van der Waals surface area contributed by atoms with Gasteiger partial charge in [-0.2, -0.15) is 0 Å². The number of carboxylic acid groups (broad SMARTS) is 1. The first-order valence-electron chi connectivity index (χ1n) is 7.49. The van der Waals surface area contributed by atoms with Crippen LogP contribution >= 0.6 is 0 Å². The molecule has 20 heavy (non-hydrogen) atoms. The number of hydrogen-bond donors (Lipinski definition) is 3. The number of aliphatic hydroxyl groups is 1. The molecule has 3 atom stereocenters. The highest BCUT2D eigenvalue weighted by Crippen LogP contribution is 2.26. The van der Waals surface area contributed by atoms with E-state index in [-0.39, 0.29) is 24.6 Å². The molecule has 2 amide bonds. The number of carbonyl (C=O) groups excluding carboxylic acids is 1. The third-order valence-corrected chi connectivity index (χ3v) is 4.45. The number of aliphatic carboxylic acids is 1. The fourth-order valence-corrected chi connectivity index (χ4v) is 3.27. The molecule has 2 rings (SSSR count). The molecule has 1 aliphatic heterocycles. The number of nitrogens with zero attached hydrogens (tertiary/aromatic N) is 1. The Labute approximate surface area is 119 Å². The molecule has 0 radical (unpaired) electrons. The van der Waals surface area contributed by atoms with Crippen molar-refractivity contribution < 1.29 is 19.8 Å². The van der Waals surface area contributed by atoms with Crippen LogP contribution in [0.3, 0.4) is 0 Å². The number of carboxylic acids is 1. The number of carbonyl (C=O) groups is 2. The lowest BCUT2D eigenvalue weighted by atomic mass is 9.95. The number of likely N-dealkylation sites (tertiary alicyclic amines) is 1. The monoisotopic (exact) mass is 284 g/mol. The summed E-state index contributed by atoms with van der Waals surface area (Å²) in [5.41, 5.74) is 0. The van der Waals surface area contributed by atoms with Crippen LogP contribution in [-0.4, -0.2) is 52.9 Å². The Morgan fingerprint density at radius 3 is 2.70 bits per heavy atom. The van der Waals surface area contributed by atoms with E-state index in [1.165, 1.54) is 0 Å². The molecule has 1 heterocycles. The van der Waals surface area contributed by atoms with Crippen LogP contribution in [0.1, 0.15) is 38.5 Å². The average Bonchev–Trinajstić information content (AvgIpc) is 2.88. The van der Waals surface area contributed by atoms with Gasteiger partial charge < -0.3 is 20.4 Å². The maximum atomic E-state index is 12.2. The van der Waals surface area contributed by atoms with Crippen molar-refractivity contribution in [2.45, 2.75) is 44.6 Å². The van der Waals surface area contributed by atoms with Gasteiger partial charge in [-0.05, 0) is 44.4 Å². The highest BCUT2D eigenvalue weighted by molar-refractivity contribution is 5.75. The SMILES string of the molecule is O=C(O)C1CCC(NC(=O)N2CCCC(CCO)C2)C1. The van der Waals surface area contributed by atoms with Crippen molar-refractivity contribution in [1.82, 2.24) is 10.2 Å². The molecule has 1 saturated heterocycles. The Morgan fingerprint density at radius 1 is 1.25 bits per heavy atom. The molecule has 1 saturated carbocycles. The van der Waals surface area contributed by atoms with Gasteiger partial charge in [-0.1, -0.05) is 0 Å². The van der Waals surface area contributed by atoms with E-state index in [1.807, 2.05) is 0 Å². The molecule has 3 unspecified atom stereocenters. The number of hydrogen-bond acceptors (Lipinski definition) is 3. The Morgan fingerprint density at radius 2 is 2.05 bits per heavy atom. The number of aliphatic hydroxyl groups excluding tert-OH is 1. The highest BCUT2D eigenvalue weighted by Gasteiger charge is 2.32. The lowest BCUT2D eigenvalue weighted by molar-refractivity contribution is -0.141. The molecule has 6 nitrogen and oxygen atoms in total. The molecular formula is C14H24N2O4. The predicted molar refractivity (Wildman–Crippen MR) is 73.3 cm³/mol. The second-order valence-corrected chi connectivity index (χ2v) is 5.96. The molecule has 1 aliphatic carbocycles. The van der Waals surface area contributed by atoms with E-state index >= 15 is 0 Å². The third kappa shape index (κ3) is 3.85. The molecule has 2 aliphatic rings. The van der Waals surface area contributed by atoms with Crippen LogP contribution in [0, 0.1) is 11.8 Å². The van der Waals surface area contributed by atoms with Crippen molar-refractivity contribution in [2.24, 2.45) is 11.8 Å². The summed E-state index contributed by atoms with van der Waals surface area (Å²) < 4.78 is 0. The van der Waals surface area contributed by atoms with Gasteiger partial charge in [0.1, 0.15) is 0 Å². The van der Waals surface area contributed by atoms with E-state index < -0.39 is 5.97 Å². The fourth-order valence-electron chi connectivity index (χ4n) is 3.27. The van der Waals surface area contributed by atoms with E-state index in [4.69, 9.17) is 10.2 Å². The minimum Gasteiger partial charge on any atom is -0.481 e. The molecule has 0 aromatic heterocycles. The zero-order chi connectivity index (χ0) is 14.5. The Hall–Kier alpha value is -1.30. The van der Waals surface area contributed by atoms with E-state index in [0.717, 1.165) is 32.2 Å². The van der Waals surface area contributed by atoms with Gasteiger partial charge in [-0.3, -0.25) is 4.79 Å². The van der Waals surface area contributed by atoms with Crippen LogP contribution < -0.4 is 5.32 Å². The summed E-state index contributed by atoms with van der Waals surface area (Å²) in [6.07, 6.45) is 4.71. The van der Waals surface area contributed by atoms with Crippen LogP contribution in [0.5, 0.6) is 0 Å². The van der Waals surface area contributed by atoms with Crippen molar-refractivity contribution in [3.63, 3.8) is 0 Å². The summed E-state index contributed by atoms with van der Waals surface area (Å²) in [5, 5.41) is 20.9. The molecule has 0 aromatic carbocycles. The van der Waals surface area contributed by atoms with Crippen LogP contribution in [0.4, 0.5) is 4.79 Å². The smallest absolute Gasteiger partial charge is 0.317 e. The van der Waals surface area contributed by atoms with Crippen LogP contribution in [0.15, 0.2) is 0 Å². The van der Waals surface area contributed by atoms with E-state index in [2.05, 4.69) is 5.32 Å². The number of amides is 2. The summed E-state index contributed by atoms with van der Waals surface area (Å²) in [5.74, 6) is -0.693. The summed E-state index contributed by atoms with van der Waals surface area (Å²) in [6.45, 7) is 1.62. The van der Waals surface area contributed by atoms with Gasteiger partial charge in [0, 0.05) is 25.7 Å². The van der Waals surface area contributed by atoms with Crippen molar-refractivity contribution in [1.29, 1.82) is 0 Å². The normalized spacial score (nSPS) is 30.2. The predicted octanol–water partition coefficient (Wildman–Crippen LogP) is 1.04. The average molecular weight is 284 g/mol. The Bertz CT molecular complexity index is 359. The number of urea groups is 1. The van der Waals surface area contributed by atoms with Gasteiger partial charge in [0.2, 0.25) is 0 Å². The van der Waals surface area contributed by atoms with Crippen molar-refractivity contribution in [3.8, 4) is 0 Å². The largest absolute Gasteiger partial charge is 0.481 e. The van der Waals surface area contributed by atoms with Gasteiger partial charge in [0.15, 0.2) is 0 Å². The standard InChI is InChI=1S/C14H24N2O4/c17-7-5-10-2-1-6-16(9-10)14(20)15-12-4-3-11(8-12)13(18)19/h10-12,17H,1-9H2,(H,15,20)(H,18,19). The molecule has 3 N–H and O–H groups in total. The molecule has 114 valence electrons. The van der Waals surface area contributed by atoms with Gasteiger partial charge in [-0.25, -0.2) is 4.79 Å². The molecule has 6 heteroatoms. The van der Waals surface area contributed by atoms with E-state index in [9.17, 15) is 9.59 Å². The van der Waals surface area contributed by atoms with Crippen molar-refractivity contribution >= 4 is 12.0 Å². The summed E-state index contributed by atoms with van der Waals surface area (Å²) in [4.78, 5) is 24.9. The van der Waals surface area contributed by atoms with Crippen LogP contribution in [0.25, 0.3) is 0 Å². The van der Waals surface area contributed by atoms with Crippen molar-refractivity contribution in [2.75, 3.05) is 19.7 Å². The van der Waals surface area contributed by atoms with Crippen molar-refractivity contribution in [3.05, 3.63) is 0 Å². The number of rotatable bonds is 4. The number of nitrogens with one attached hydrogen (secondary N) is 1. The second-order valence-electron chi connectivity index (χ2n) is 5.96. The number of piperidine rings is 1. The van der Waals surface area contributed by atoms with Crippen LogP contribution in [-0.2, 0) is 4.79 Å². The van der Waals surface area contributed by atoms with Gasteiger partial charge in [0.05, 0.1) is 5.92 Å². The Balaban J connectivity index is 1.78. The Kier molecular flexibility index (Phi) is 5.23. The first-order valence-corrected chi connectivity index (χ1v) is 7.49. The van der Waals surface area contributed by atoms with Gasteiger partial charge in [-0.15, -0.1) is 0 Å². The second kappa shape index (κ2) is 6.92. The highest BCUT2D eigenvalue weighted by atomic mass is 16.4. The quantitative estimate of drug-likeness (QED) is 0.719. The molecule has 0 bridgehead atoms. The molecular weight excluding hydrogens is 260 g/mol. The van der Waals surface area contributed by atoms with Gasteiger partial charge >= 0.3 is 12.0 Å². The lowest BCUT2D eigenvalue weighted by Gasteiger charge is -2.33. The summed E-state index contributed by atoms with van der Waals surface area (Å²) in [7, 11) is 0. The minimum absolute atomic E-state index is 0.0122. The topological polar surface area (TPSA) is 89.9 Å². The summed E-state index contributed by atoms with van der Waals surface area (Å²) >= 11 is 0. The first-order chi connectivity index (χ1) is 9.60. The molecule has 0 aromatic rings. The molecule has 0 spiro atoms. The molecule has 2 fully saturated rings. The van der Waals surface area contributed by atoms with E-state index in [1.54, 1.807) is 4.90 Å². The minimum atomic E-state index is -0.761.